The molecular formula is C19H20FNO2S. The molecular weight excluding hydrogens is 325 g/mol. The average Bonchev–Trinajstić information content (AvgIpc) is 2.56. The van der Waals surface area contributed by atoms with E-state index in [0.29, 0.717) is 19.4 Å². The molecule has 126 valence electrons. The molecule has 0 amide bonds. The Labute approximate surface area is 142 Å². The minimum atomic E-state index is -3.56. The monoisotopic (exact) mass is 345 g/mol. The maximum Gasteiger partial charge on any atom is 0.182 e. The first kappa shape index (κ1) is 16.8. The summed E-state index contributed by atoms with van der Waals surface area (Å²) in [4.78, 5) is 4.52. The summed E-state index contributed by atoms with van der Waals surface area (Å²) >= 11 is 0. The van der Waals surface area contributed by atoms with E-state index in [1.54, 1.807) is 6.21 Å². The molecule has 0 fully saturated rings. The van der Waals surface area contributed by atoms with Gasteiger partial charge in [0.25, 0.3) is 0 Å². The van der Waals surface area contributed by atoms with Gasteiger partial charge < -0.3 is 0 Å². The predicted molar refractivity (Wildman–Crippen MR) is 93.6 cm³/mol. The van der Waals surface area contributed by atoms with E-state index in [1.165, 1.54) is 24.3 Å². The highest BCUT2D eigenvalue weighted by Gasteiger charge is 2.44. The summed E-state index contributed by atoms with van der Waals surface area (Å²) in [5.74, 6) is -0.439. The molecule has 2 atom stereocenters. The largest absolute Gasteiger partial charge is 0.297 e. The second-order valence-electron chi connectivity index (χ2n) is 6.56. The zero-order valence-electron chi connectivity index (χ0n) is 13.5. The van der Waals surface area contributed by atoms with Crippen molar-refractivity contribution in [2.24, 2.45) is 10.4 Å². The molecule has 0 aromatic heterocycles. The summed E-state index contributed by atoms with van der Waals surface area (Å²) < 4.78 is 39.4. The highest BCUT2D eigenvalue weighted by molar-refractivity contribution is 7.92. The van der Waals surface area contributed by atoms with Crippen molar-refractivity contribution in [1.29, 1.82) is 0 Å². The molecule has 0 bridgehead atoms. The normalized spacial score (nSPS) is 24.0. The second kappa shape index (κ2) is 6.48. The maximum atomic E-state index is 13.1. The minimum Gasteiger partial charge on any atom is -0.297 e. The maximum absolute atomic E-state index is 13.1. The van der Waals surface area contributed by atoms with Crippen molar-refractivity contribution in [1.82, 2.24) is 0 Å². The number of hydrogen-bond acceptors (Lipinski definition) is 3. The van der Waals surface area contributed by atoms with Crippen LogP contribution in [0, 0.1) is 11.2 Å². The molecule has 0 N–H and O–H groups in total. The lowest BCUT2D eigenvalue weighted by atomic mass is 9.78. The lowest BCUT2D eigenvalue weighted by Crippen LogP contribution is -2.45. The van der Waals surface area contributed by atoms with Crippen LogP contribution < -0.4 is 0 Å². The molecule has 1 aliphatic heterocycles. The van der Waals surface area contributed by atoms with Gasteiger partial charge in [0.05, 0.1) is 10.1 Å². The van der Waals surface area contributed by atoms with Crippen LogP contribution in [0.5, 0.6) is 0 Å². The molecule has 0 radical (unpaired) electrons. The standard InChI is InChI=1S/C19H20FNO2S/c1-19(13-15-5-3-2-4-6-15)14-21-12-11-18(19)24(22,23)17-9-7-16(20)8-10-17/h2-10,12,18H,11,13-14H2,1H3/t18?,19-/m1/s1. The molecule has 3 nitrogen and oxygen atoms in total. The summed E-state index contributed by atoms with van der Waals surface area (Å²) in [6.45, 7) is 2.44. The Kier molecular flexibility index (Phi) is 4.54. The first-order chi connectivity index (χ1) is 11.4. The Balaban J connectivity index is 1.97. The van der Waals surface area contributed by atoms with E-state index < -0.39 is 26.3 Å². The third kappa shape index (κ3) is 3.26. The van der Waals surface area contributed by atoms with E-state index in [1.807, 2.05) is 37.3 Å². The predicted octanol–water partition coefficient (Wildman–Crippen LogP) is 3.69. The van der Waals surface area contributed by atoms with Gasteiger partial charge in [0, 0.05) is 24.6 Å². The summed E-state index contributed by atoms with van der Waals surface area (Å²) in [6, 6.07) is 14.9. The molecule has 5 heteroatoms. The second-order valence-corrected chi connectivity index (χ2v) is 8.69. The van der Waals surface area contributed by atoms with Crippen molar-refractivity contribution >= 4 is 16.1 Å². The highest BCUT2D eigenvalue weighted by Crippen LogP contribution is 2.38. The van der Waals surface area contributed by atoms with Crippen LogP contribution in [0.3, 0.4) is 0 Å². The van der Waals surface area contributed by atoms with E-state index in [9.17, 15) is 12.8 Å². The third-order valence-electron chi connectivity index (χ3n) is 4.65. The van der Waals surface area contributed by atoms with Gasteiger partial charge in [-0.2, -0.15) is 0 Å². The van der Waals surface area contributed by atoms with Crippen molar-refractivity contribution in [2.45, 2.75) is 29.9 Å². The average molecular weight is 345 g/mol. The molecule has 1 unspecified atom stereocenters. The van der Waals surface area contributed by atoms with Crippen LogP contribution in [-0.2, 0) is 16.3 Å². The molecule has 0 saturated heterocycles. The van der Waals surface area contributed by atoms with Gasteiger partial charge in [-0.1, -0.05) is 37.3 Å². The molecule has 24 heavy (non-hydrogen) atoms. The van der Waals surface area contributed by atoms with Crippen LogP contribution in [0.25, 0.3) is 0 Å². The number of aliphatic imine (C=N–C) groups is 1. The van der Waals surface area contributed by atoms with Crippen molar-refractivity contribution in [2.75, 3.05) is 6.54 Å². The van der Waals surface area contributed by atoms with Gasteiger partial charge in [-0.25, -0.2) is 12.8 Å². The van der Waals surface area contributed by atoms with E-state index in [-0.39, 0.29) is 4.90 Å². The van der Waals surface area contributed by atoms with E-state index in [4.69, 9.17) is 0 Å². The number of rotatable bonds is 4. The van der Waals surface area contributed by atoms with Gasteiger partial charge in [-0.3, -0.25) is 4.99 Å². The molecule has 1 heterocycles. The summed E-state index contributed by atoms with van der Waals surface area (Å²) in [7, 11) is -3.56. The molecule has 2 aromatic rings. The van der Waals surface area contributed by atoms with Gasteiger partial charge in [-0.15, -0.1) is 0 Å². The molecule has 2 aromatic carbocycles. The number of halogens is 1. The number of sulfone groups is 1. The molecule has 0 aliphatic carbocycles. The fourth-order valence-corrected chi connectivity index (χ4v) is 5.44. The van der Waals surface area contributed by atoms with Crippen LogP contribution in [0.1, 0.15) is 18.9 Å². The highest BCUT2D eigenvalue weighted by atomic mass is 32.2. The summed E-state index contributed by atoms with van der Waals surface area (Å²) in [5, 5.41) is -0.576. The van der Waals surface area contributed by atoms with E-state index in [2.05, 4.69) is 4.99 Å². The fraction of sp³-hybridized carbons (Fsp3) is 0.316. The fourth-order valence-electron chi connectivity index (χ4n) is 3.35. The summed E-state index contributed by atoms with van der Waals surface area (Å²) in [6.07, 6.45) is 2.71. The lowest BCUT2D eigenvalue weighted by molar-refractivity contribution is 0.305. The van der Waals surface area contributed by atoms with E-state index >= 15 is 0 Å². The molecule has 3 rings (SSSR count). The first-order valence-corrected chi connectivity index (χ1v) is 9.48. The molecule has 0 saturated carbocycles. The van der Waals surface area contributed by atoms with Gasteiger partial charge in [0.1, 0.15) is 5.82 Å². The number of hydrogen-bond donors (Lipinski definition) is 0. The van der Waals surface area contributed by atoms with Crippen LogP contribution in [0.15, 0.2) is 64.5 Å². The van der Waals surface area contributed by atoms with Crippen LogP contribution in [0.4, 0.5) is 4.39 Å². The quantitative estimate of drug-likeness (QED) is 0.794. The molecule has 0 spiro atoms. The van der Waals surface area contributed by atoms with Crippen molar-refractivity contribution in [3.8, 4) is 0 Å². The Morgan fingerprint density at radius 3 is 2.46 bits per heavy atom. The third-order valence-corrected chi connectivity index (χ3v) is 7.09. The minimum absolute atomic E-state index is 0.170. The lowest BCUT2D eigenvalue weighted by Gasteiger charge is -2.38. The Morgan fingerprint density at radius 1 is 1.12 bits per heavy atom. The number of benzene rings is 2. The van der Waals surface area contributed by atoms with Gasteiger partial charge in [0.15, 0.2) is 9.84 Å². The van der Waals surface area contributed by atoms with Crippen LogP contribution in [0.2, 0.25) is 0 Å². The van der Waals surface area contributed by atoms with E-state index in [0.717, 1.165) is 5.56 Å². The zero-order chi connectivity index (χ0) is 17.2. The topological polar surface area (TPSA) is 46.5 Å². The van der Waals surface area contributed by atoms with Crippen molar-refractivity contribution < 1.29 is 12.8 Å². The van der Waals surface area contributed by atoms with Gasteiger partial charge >= 0.3 is 0 Å². The van der Waals surface area contributed by atoms with Gasteiger partial charge in [0.2, 0.25) is 0 Å². The SMILES string of the molecule is C[C@@]1(Cc2ccccc2)CN=CCC1S(=O)(=O)c1ccc(F)cc1. The Bertz CT molecular complexity index is 831. The molecule has 1 aliphatic rings. The summed E-state index contributed by atoms with van der Waals surface area (Å²) in [5.41, 5.74) is 0.597. The first-order valence-electron chi connectivity index (χ1n) is 7.93. The smallest absolute Gasteiger partial charge is 0.182 e. The van der Waals surface area contributed by atoms with Crippen molar-refractivity contribution in [3.63, 3.8) is 0 Å². The van der Waals surface area contributed by atoms with Crippen LogP contribution in [-0.4, -0.2) is 26.4 Å². The Hall–Kier alpha value is -2.01. The van der Waals surface area contributed by atoms with Crippen LogP contribution >= 0.6 is 0 Å². The Morgan fingerprint density at radius 2 is 1.79 bits per heavy atom. The number of nitrogens with zero attached hydrogens (tertiary/aromatic N) is 1. The zero-order valence-corrected chi connectivity index (χ0v) is 14.3. The van der Waals surface area contributed by atoms with Gasteiger partial charge in [-0.05, 0) is 36.2 Å². The van der Waals surface area contributed by atoms with Crippen molar-refractivity contribution in [3.05, 3.63) is 66.0 Å².